The van der Waals surface area contributed by atoms with Gasteiger partial charge in [0.15, 0.2) is 34.7 Å². The van der Waals surface area contributed by atoms with Crippen molar-refractivity contribution < 1.29 is 38.6 Å². The van der Waals surface area contributed by atoms with Crippen molar-refractivity contribution in [2.75, 3.05) is 14.1 Å². The first kappa shape index (κ1) is 29.4. The van der Waals surface area contributed by atoms with Crippen molar-refractivity contribution >= 4 is 29.0 Å². The zero-order chi connectivity index (χ0) is 30.8. The van der Waals surface area contributed by atoms with Crippen LogP contribution in [-0.4, -0.2) is 69.9 Å². The standard InChI is InChI=1S/C33H38N2O8/c1-35(2)27-21-15-17-14-20-19(23-13-10-18(43-23)9-8-16-6-4-3-5-7-16)11-12-22(36)25(20)28(37)24(17)30(39)33(21,42)31(40)26(29(27)38)32(34)41/h10-13,16-17,21,24,26-27,36,42H,3-9,14-15H2,1-2H3,(H2,34,41)/t17-,21-,24?,26?,27?,33-/m1/s1. The summed E-state index contributed by atoms with van der Waals surface area (Å²) in [6.45, 7) is 0. The Bertz CT molecular complexity index is 1520. The van der Waals surface area contributed by atoms with Crippen LogP contribution in [-0.2, 0) is 32.0 Å². The Balaban J connectivity index is 1.35. The molecule has 4 aliphatic carbocycles. The number of aliphatic hydroxyl groups is 1. The Morgan fingerprint density at radius 3 is 2.44 bits per heavy atom. The molecule has 3 saturated carbocycles. The van der Waals surface area contributed by atoms with Crippen molar-refractivity contribution in [3.63, 3.8) is 0 Å². The molecule has 0 aliphatic heterocycles. The lowest BCUT2D eigenvalue weighted by Crippen LogP contribution is -2.74. The normalized spacial score (nSPS) is 31.1. The summed E-state index contributed by atoms with van der Waals surface area (Å²) < 4.78 is 6.23. The maximum atomic E-state index is 14.0. The second kappa shape index (κ2) is 10.8. The highest BCUT2D eigenvalue weighted by Crippen LogP contribution is 2.51. The van der Waals surface area contributed by atoms with E-state index in [1.807, 2.05) is 12.1 Å². The van der Waals surface area contributed by atoms with Crippen LogP contribution in [0.3, 0.4) is 0 Å². The Morgan fingerprint density at radius 2 is 1.77 bits per heavy atom. The molecular formula is C33H38N2O8. The molecule has 0 saturated heterocycles. The molecule has 1 amide bonds. The Labute approximate surface area is 249 Å². The number of nitrogens with zero attached hydrogens (tertiary/aromatic N) is 1. The number of hydrogen-bond donors (Lipinski definition) is 3. The molecular weight excluding hydrogens is 552 g/mol. The first-order chi connectivity index (χ1) is 20.4. The summed E-state index contributed by atoms with van der Waals surface area (Å²) in [7, 11) is 3.13. The molecule has 4 aliphatic rings. The first-order valence-corrected chi connectivity index (χ1v) is 15.2. The van der Waals surface area contributed by atoms with Crippen LogP contribution < -0.4 is 5.73 Å². The van der Waals surface area contributed by atoms with Crippen LogP contribution in [0.1, 0.15) is 66.6 Å². The highest BCUT2D eigenvalue weighted by Gasteiger charge is 2.69. The molecule has 4 N–H and O–H groups in total. The quantitative estimate of drug-likeness (QED) is 0.428. The minimum Gasteiger partial charge on any atom is -0.507 e. The summed E-state index contributed by atoms with van der Waals surface area (Å²) >= 11 is 0. The van der Waals surface area contributed by atoms with Crippen LogP contribution in [0, 0.1) is 29.6 Å². The summed E-state index contributed by atoms with van der Waals surface area (Å²) in [5.74, 6) is -8.48. The van der Waals surface area contributed by atoms with Crippen LogP contribution >= 0.6 is 0 Å². The van der Waals surface area contributed by atoms with Crippen molar-refractivity contribution in [1.29, 1.82) is 0 Å². The van der Waals surface area contributed by atoms with Crippen molar-refractivity contribution in [1.82, 2.24) is 4.90 Å². The maximum absolute atomic E-state index is 14.0. The van der Waals surface area contributed by atoms with Gasteiger partial charge in [0.25, 0.3) is 0 Å². The van der Waals surface area contributed by atoms with Crippen LogP contribution in [0.5, 0.6) is 5.75 Å². The number of furan rings is 1. The average Bonchev–Trinajstić information content (AvgIpc) is 3.43. The number of carbonyl (C=O) groups excluding carboxylic acids is 5. The lowest BCUT2D eigenvalue weighted by Gasteiger charge is -2.52. The Hall–Kier alpha value is -3.63. The molecule has 1 aromatic heterocycles. The number of carbonyl (C=O) groups is 5. The van der Waals surface area contributed by atoms with Crippen molar-refractivity contribution in [3.8, 4) is 17.1 Å². The fourth-order valence-electron chi connectivity index (χ4n) is 8.31. The number of benzene rings is 1. The summed E-state index contributed by atoms with van der Waals surface area (Å²) in [5, 5.41) is 22.5. The van der Waals surface area contributed by atoms with Gasteiger partial charge in [-0.2, -0.15) is 0 Å². The van der Waals surface area contributed by atoms with E-state index in [1.165, 1.54) is 43.1 Å². The minimum absolute atomic E-state index is 0.00375. The zero-order valence-corrected chi connectivity index (χ0v) is 24.5. The number of aryl methyl sites for hydroxylation is 1. The van der Waals surface area contributed by atoms with E-state index in [4.69, 9.17) is 10.2 Å². The number of nitrogens with two attached hydrogens (primary N) is 1. The summed E-state index contributed by atoms with van der Waals surface area (Å²) in [5.41, 5.74) is 3.76. The second-order valence-corrected chi connectivity index (χ2v) is 13.1. The molecule has 6 atom stereocenters. The summed E-state index contributed by atoms with van der Waals surface area (Å²) in [6.07, 6.45) is 8.39. The van der Waals surface area contributed by atoms with Gasteiger partial charge < -0.3 is 20.4 Å². The molecule has 228 valence electrons. The van der Waals surface area contributed by atoms with E-state index in [0.717, 1.165) is 18.6 Å². The van der Waals surface area contributed by atoms with Crippen molar-refractivity contribution in [2.45, 2.75) is 69.4 Å². The number of phenols is 1. The molecule has 2 aromatic rings. The van der Waals surface area contributed by atoms with Crippen LogP contribution in [0.25, 0.3) is 11.3 Å². The first-order valence-electron chi connectivity index (χ1n) is 15.2. The number of primary amides is 1. The van der Waals surface area contributed by atoms with Crippen LogP contribution in [0.4, 0.5) is 0 Å². The van der Waals surface area contributed by atoms with Gasteiger partial charge in [0.2, 0.25) is 5.91 Å². The molecule has 6 rings (SSSR count). The predicted octanol–water partition coefficient (Wildman–Crippen LogP) is 2.64. The maximum Gasteiger partial charge on any atom is 0.235 e. The Kier molecular flexibility index (Phi) is 7.41. The highest BCUT2D eigenvalue weighted by atomic mass is 16.3. The molecule has 0 radical (unpaired) electrons. The SMILES string of the molecule is CN(C)C1C(=O)C(C(N)=O)C(=O)[C@]2(O)C(=O)C3C(=O)c4c(O)ccc(-c5ccc(CCC6CCCCC6)o5)c4C[C@@H]3C[C@H]12. The number of rotatable bonds is 6. The molecule has 10 nitrogen and oxygen atoms in total. The third-order valence-electron chi connectivity index (χ3n) is 10.4. The number of aromatic hydroxyl groups is 1. The molecule has 3 unspecified atom stereocenters. The van der Waals surface area contributed by atoms with E-state index in [2.05, 4.69) is 0 Å². The highest BCUT2D eigenvalue weighted by molar-refractivity contribution is 6.32. The number of amides is 1. The molecule has 10 heteroatoms. The average molecular weight is 591 g/mol. The van der Waals surface area contributed by atoms with Gasteiger partial charge in [-0.05, 0) is 75.0 Å². The molecule has 1 heterocycles. The smallest absolute Gasteiger partial charge is 0.235 e. The van der Waals surface area contributed by atoms with E-state index in [0.29, 0.717) is 22.8 Å². The minimum atomic E-state index is -2.74. The van der Waals surface area contributed by atoms with E-state index in [1.54, 1.807) is 20.2 Å². The molecule has 0 bridgehead atoms. The van der Waals surface area contributed by atoms with Gasteiger partial charge in [0.1, 0.15) is 17.3 Å². The predicted molar refractivity (Wildman–Crippen MR) is 154 cm³/mol. The monoisotopic (exact) mass is 590 g/mol. The van der Waals surface area contributed by atoms with Crippen LogP contribution in [0.15, 0.2) is 28.7 Å². The van der Waals surface area contributed by atoms with Crippen molar-refractivity contribution in [2.24, 2.45) is 35.3 Å². The number of ketones is 4. The van der Waals surface area contributed by atoms with Gasteiger partial charge in [0.05, 0.1) is 17.5 Å². The number of Topliss-reactive ketones (excluding diaryl/α,β-unsaturated/α-hetero) is 4. The van der Waals surface area contributed by atoms with E-state index in [-0.39, 0.29) is 24.2 Å². The fraction of sp³-hybridized carbons (Fsp3) is 0.545. The second-order valence-electron chi connectivity index (χ2n) is 13.1. The zero-order valence-electron chi connectivity index (χ0n) is 24.5. The molecule has 3 fully saturated rings. The van der Waals surface area contributed by atoms with Crippen molar-refractivity contribution in [3.05, 3.63) is 41.2 Å². The van der Waals surface area contributed by atoms with Gasteiger partial charge in [-0.25, -0.2) is 0 Å². The number of phenolic OH excluding ortho intramolecular Hbond substituents is 1. The third-order valence-corrected chi connectivity index (χ3v) is 10.4. The number of fused-ring (bicyclic) bond motifs is 3. The number of hydrogen-bond acceptors (Lipinski definition) is 9. The summed E-state index contributed by atoms with van der Waals surface area (Å²) in [6, 6.07) is 5.74. The van der Waals surface area contributed by atoms with E-state index >= 15 is 0 Å². The topological polar surface area (TPSA) is 168 Å². The van der Waals surface area contributed by atoms with E-state index in [9.17, 15) is 34.2 Å². The molecule has 43 heavy (non-hydrogen) atoms. The van der Waals surface area contributed by atoms with Gasteiger partial charge >= 0.3 is 0 Å². The number of likely N-dealkylation sites (N-methyl/N-ethyl adjacent to an activating group) is 1. The molecule has 1 aromatic carbocycles. The van der Waals surface area contributed by atoms with Crippen LogP contribution in [0.2, 0.25) is 0 Å². The fourth-order valence-corrected chi connectivity index (χ4v) is 8.31. The Morgan fingerprint density at radius 1 is 1.05 bits per heavy atom. The third kappa shape index (κ3) is 4.57. The lowest BCUT2D eigenvalue weighted by molar-refractivity contribution is -0.181. The lowest BCUT2D eigenvalue weighted by atomic mass is 9.52. The van der Waals surface area contributed by atoms with E-state index < -0.39 is 64.4 Å². The summed E-state index contributed by atoms with van der Waals surface area (Å²) in [4.78, 5) is 68.3. The van der Waals surface area contributed by atoms with Gasteiger partial charge in [-0.3, -0.25) is 28.9 Å². The van der Waals surface area contributed by atoms with Gasteiger partial charge in [-0.15, -0.1) is 0 Å². The largest absolute Gasteiger partial charge is 0.507 e. The molecule has 0 spiro atoms. The van der Waals surface area contributed by atoms with Gasteiger partial charge in [0, 0.05) is 17.9 Å². The van der Waals surface area contributed by atoms with Gasteiger partial charge in [-0.1, -0.05) is 32.1 Å².